The zero-order valence-electron chi connectivity index (χ0n) is 10.1. The van der Waals surface area contributed by atoms with Gasteiger partial charge in [-0.25, -0.2) is 4.98 Å². The lowest BCUT2D eigenvalue weighted by Crippen LogP contribution is -2.46. The zero-order valence-corrected chi connectivity index (χ0v) is 11.0. The largest absolute Gasteiger partial charge is 0.397 e. The SMILES string of the molecule is CC1(C)CN(C(=O)c2ncccc2N)CCS1. The van der Waals surface area contributed by atoms with E-state index in [4.69, 9.17) is 5.73 Å². The highest BCUT2D eigenvalue weighted by molar-refractivity contribution is 8.00. The van der Waals surface area contributed by atoms with Crippen LogP contribution in [0.4, 0.5) is 5.69 Å². The Kier molecular flexibility index (Phi) is 3.28. The van der Waals surface area contributed by atoms with Crippen LogP contribution in [0.15, 0.2) is 18.3 Å². The molecular formula is C12H17N3OS. The Bertz CT molecular complexity index is 434. The van der Waals surface area contributed by atoms with Gasteiger partial charge in [-0.1, -0.05) is 0 Å². The van der Waals surface area contributed by atoms with Crippen LogP contribution in [-0.2, 0) is 0 Å². The molecular weight excluding hydrogens is 234 g/mol. The van der Waals surface area contributed by atoms with E-state index in [1.807, 2.05) is 16.7 Å². The summed E-state index contributed by atoms with van der Waals surface area (Å²) in [6, 6.07) is 3.45. The monoisotopic (exact) mass is 251 g/mol. The summed E-state index contributed by atoms with van der Waals surface area (Å²) in [5.41, 5.74) is 6.60. The molecule has 2 heterocycles. The number of carbonyl (C=O) groups excluding carboxylic acids is 1. The lowest BCUT2D eigenvalue weighted by Gasteiger charge is -2.37. The van der Waals surface area contributed by atoms with Crippen LogP contribution < -0.4 is 5.73 Å². The molecule has 0 spiro atoms. The molecule has 2 N–H and O–H groups in total. The van der Waals surface area contributed by atoms with Crippen molar-refractivity contribution in [2.24, 2.45) is 0 Å². The highest BCUT2D eigenvalue weighted by atomic mass is 32.2. The van der Waals surface area contributed by atoms with E-state index in [2.05, 4.69) is 18.8 Å². The predicted octanol–water partition coefficient (Wildman–Crippen LogP) is 1.63. The molecule has 0 bridgehead atoms. The maximum absolute atomic E-state index is 12.3. The molecule has 0 aromatic carbocycles. The van der Waals surface area contributed by atoms with Crippen molar-refractivity contribution in [3.05, 3.63) is 24.0 Å². The first kappa shape index (κ1) is 12.2. The first-order chi connectivity index (χ1) is 7.99. The molecule has 4 nitrogen and oxygen atoms in total. The van der Waals surface area contributed by atoms with Crippen LogP contribution in [-0.4, -0.2) is 39.4 Å². The van der Waals surface area contributed by atoms with Crippen LogP contribution in [0, 0.1) is 0 Å². The van der Waals surface area contributed by atoms with Crippen molar-refractivity contribution >= 4 is 23.4 Å². The van der Waals surface area contributed by atoms with E-state index in [0.717, 1.165) is 18.8 Å². The number of hydrogen-bond donors (Lipinski definition) is 1. The van der Waals surface area contributed by atoms with Crippen LogP contribution in [0.3, 0.4) is 0 Å². The third-order valence-electron chi connectivity index (χ3n) is 2.75. The van der Waals surface area contributed by atoms with Gasteiger partial charge in [-0.3, -0.25) is 4.79 Å². The second-order valence-corrected chi connectivity index (χ2v) is 6.58. The molecule has 0 saturated carbocycles. The fraction of sp³-hybridized carbons (Fsp3) is 0.500. The molecule has 0 aliphatic carbocycles. The molecule has 0 radical (unpaired) electrons. The molecule has 0 unspecified atom stereocenters. The summed E-state index contributed by atoms with van der Waals surface area (Å²) in [6.45, 7) is 5.81. The number of carbonyl (C=O) groups is 1. The van der Waals surface area contributed by atoms with Gasteiger partial charge in [-0.15, -0.1) is 0 Å². The zero-order chi connectivity index (χ0) is 12.5. The minimum Gasteiger partial charge on any atom is -0.397 e. The highest BCUT2D eigenvalue weighted by Crippen LogP contribution is 2.30. The quantitative estimate of drug-likeness (QED) is 0.824. The second-order valence-electron chi connectivity index (χ2n) is 4.78. The molecule has 1 amide bonds. The Morgan fingerprint density at radius 2 is 2.35 bits per heavy atom. The lowest BCUT2D eigenvalue weighted by molar-refractivity contribution is 0.0743. The minimum atomic E-state index is -0.0588. The molecule has 1 aromatic heterocycles. The number of hydrogen-bond acceptors (Lipinski definition) is 4. The third kappa shape index (κ3) is 2.72. The van der Waals surface area contributed by atoms with E-state index < -0.39 is 0 Å². The second kappa shape index (κ2) is 4.56. The smallest absolute Gasteiger partial charge is 0.274 e. The summed E-state index contributed by atoms with van der Waals surface area (Å²) in [7, 11) is 0. The summed E-state index contributed by atoms with van der Waals surface area (Å²) in [6.07, 6.45) is 1.60. The number of pyridine rings is 1. The fourth-order valence-electron chi connectivity index (χ4n) is 1.94. The predicted molar refractivity (Wildman–Crippen MR) is 71.1 cm³/mol. The topological polar surface area (TPSA) is 59.2 Å². The van der Waals surface area contributed by atoms with Gasteiger partial charge in [0.25, 0.3) is 5.91 Å². The van der Waals surface area contributed by atoms with E-state index in [1.54, 1.807) is 18.3 Å². The molecule has 92 valence electrons. The molecule has 1 saturated heterocycles. The number of nitrogens with two attached hydrogens (primary N) is 1. The van der Waals surface area contributed by atoms with Crippen LogP contribution in [0.1, 0.15) is 24.3 Å². The summed E-state index contributed by atoms with van der Waals surface area (Å²) in [4.78, 5) is 18.2. The molecule has 1 aliphatic heterocycles. The van der Waals surface area contributed by atoms with E-state index in [9.17, 15) is 4.79 Å². The average Bonchev–Trinajstić information content (AvgIpc) is 2.27. The molecule has 17 heavy (non-hydrogen) atoms. The average molecular weight is 251 g/mol. The minimum absolute atomic E-state index is 0.0588. The van der Waals surface area contributed by atoms with Crippen molar-refractivity contribution in [3.8, 4) is 0 Å². The van der Waals surface area contributed by atoms with E-state index in [0.29, 0.717) is 11.4 Å². The van der Waals surface area contributed by atoms with Gasteiger partial charge in [-0.05, 0) is 26.0 Å². The number of amides is 1. The standard InChI is InChI=1S/C12H17N3OS/c1-12(2)8-15(6-7-17-12)11(16)10-9(13)4-3-5-14-10/h3-5H,6-8,13H2,1-2H3. The Morgan fingerprint density at radius 1 is 1.59 bits per heavy atom. The Morgan fingerprint density at radius 3 is 3.00 bits per heavy atom. The Balaban J connectivity index is 2.18. The van der Waals surface area contributed by atoms with Crippen LogP contribution in [0.5, 0.6) is 0 Å². The number of aromatic nitrogens is 1. The number of nitrogens with zero attached hydrogens (tertiary/aromatic N) is 2. The third-order valence-corrected chi connectivity index (χ3v) is 4.05. The van der Waals surface area contributed by atoms with Crippen LogP contribution in [0.2, 0.25) is 0 Å². The first-order valence-corrected chi connectivity index (χ1v) is 6.62. The van der Waals surface area contributed by atoms with E-state index in [1.165, 1.54) is 0 Å². The van der Waals surface area contributed by atoms with Crippen molar-refractivity contribution in [3.63, 3.8) is 0 Å². The lowest BCUT2D eigenvalue weighted by atomic mass is 10.1. The normalized spacial score (nSPS) is 19.1. The molecule has 1 fully saturated rings. The van der Waals surface area contributed by atoms with Crippen LogP contribution >= 0.6 is 11.8 Å². The van der Waals surface area contributed by atoms with Crippen molar-refractivity contribution in [2.75, 3.05) is 24.6 Å². The van der Waals surface area contributed by atoms with Crippen LogP contribution in [0.25, 0.3) is 0 Å². The first-order valence-electron chi connectivity index (χ1n) is 5.63. The molecule has 2 rings (SSSR count). The number of nitrogen functional groups attached to an aromatic ring is 1. The molecule has 1 aliphatic rings. The summed E-state index contributed by atoms with van der Waals surface area (Å²) in [5, 5.41) is 0. The number of thioether (sulfide) groups is 1. The molecule has 0 atom stereocenters. The van der Waals surface area contributed by atoms with Gasteiger partial charge < -0.3 is 10.6 Å². The van der Waals surface area contributed by atoms with E-state index >= 15 is 0 Å². The van der Waals surface area contributed by atoms with Crippen molar-refractivity contribution in [2.45, 2.75) is 18.6 Å². The Hall–Kier alpha value is -1.23. The van der Waals surface area contributed by atoms with Gasteiger partial charge in [0.15, 0.2) is 5.69 Å². The summed E-state index contributed by atoms with van der Waals surface area (Å²) < 4.78 is 0.109. The van der Waals surface area contributed by atoms with Gasteiger partial charge in [0.1, 0.15) is 0 Å². The fourth-order valence-corrected chi connectivity index (χ4v) is 3.05. The molecule has 5 heteroatoms. The van der Waals surface area contributed by atoms with Gasteiger partial charge >= 0.3 is 0 Å². The maximum atomic E-state index is 12.3. The van der Waals surface area contributed by atoms with Gasteiger partial charge in [0.05, 0.1) is 5.69 Å². The van der Waals surface area contributed by atoms with E-state index in [-0.39, 0.29) is 10.7 Å². The van der Waals surface area contributed by atoms with Gasteiger partial charge in [0, 0.05) is 29.8 Å². The summed E-state index contributed by atoms with van der Waals surface area (Å²) in [5.74, 6) is 0.905. The maximum Gasteiger partial charge on any atom is 0.274 e. The highest BCUT2D eigenvalue weighted by Gasteiger charge is 2.31. The van der Waals surface area contributed by atoms with Crippen molar-refractivity contribution < 1.29 is 4.79 Å². The molecule has 1 aromatic rings. The number of rotatable bonds is 1. The number of anilines is 1. The van der Waals surface area contributed by atoms with Gasteiger partial charge in [0.2, 0.25) is 0 Å². The van der Waals surface area contributed by atoms with Crippen molar-refractivity contribution in [1.29, 1.82) is 0 Å². The Labute approximate surface area is 106 Å². The summed E-state index contributed by atoms with van der Waals surface area (Å²) >= 11 is 1.90. The van der Waals surface area contributed by atoms with Gasteiger partial charge in [-0.2, -0.15) is 11.8 Å². The van der Waals surface area contributed by atoms with Crippen molar-refractivity contribution in [1.82, 2.24) is 9.88 Å².